The molecule has 1 rings (SSSR count). The zero-order valence-electron chi connectivity index (χ0n) is 12.5. The molecule has 2 nitrogen and oxygen atoms in total. The van der Waals surface area contributed by atoms with Crippen LogP contribution in [-0.2, 0) is 11.2 Å². The van der Waals surface area contributed by atoms with Gasteiger partial charge in [-0.1, -0.05) is 32.8 Å². The summed E-state index contributed by atoms with van der Waals surface area (Å²) in [6.45, 7) is 8.60. The number of hydrogen-bond donors (Lipinski definition) is 1. The van der Waals surface area contributed by atoms with E-state index in [1.54, 1.807) is 0 Å². The topological polar surface area (TPSA) is 21.3 Å². The summed E-state index contributed by atoms with van der Waals surface area (Å²) in [7, 11) is 0. The summed E-state index contributed by atoms with van der Waals surface area (Å²) in [5.74, 6) is 0.761. The average molecular weight is 283 g/mol. The Balaban J connectivity index is 1.74. The van der Waals surface area contributed by atoms with Crippen LogP contribution in [-0.4, -0.2) is 26.3 Å². The largest absolute Gasteiger partial charge is 0.381 e. The van der Waals surface area contributed by atoms with Crippen LogP contribution in [0.4, 0.5) is 0 Å². The summed E-state index contributed by atoms with van der Waals surface area (Å²) in [4.78, 5) is 1.43. The smallest absolute Gasteiger partial charge is 0.0514 e. The van der Waals surface area contributed by atoms with Crippen LogP contribution >= 0.6 is 11.3 Å². The van der Waals surface area contributed by atoms with Crippen LogP contribution in [0.3, 0.4) is 0 Å². The minimum absolute atomic E-state index is 0.761. The van der Waals surface area contributed by atoms with Gasteiger partial charge in [-0.05, 0) is 43.3 Å². The van der Waals surface area contributed by atoms with Crippen molar-refractivity contribution in [3.63, 3.8) is 0 Å². The quantitative estimate of drug-likeness (QED) is 0.583. The van der Waals surface area contributed by atoms with E-state index in [-0.39, 0.29) is 0 Å². The van der Waals surface area contributed by atoms with Gasteiger partial charge >= 0.3 is 0 Å². The molecule has 1 aromatic rings. The zero-order valence-corrected chi connectivity index (χ0v) is 13.3. The first-order valence-electron chi connectivity index (χ1n) is 7.60. The molecule has 0 spiro atoms. The highest BCUT2D eigenvalue weighted by Gasteiger charge is 1.95. The molecule has 1 heterocycles. The van der Waals surface area contributed by atoms with E-state index in [1.807, 2.05) is 11.3 Å². The van der Waals surface area contributed by atoms with Gasteiger partial charge in [0.25, 0.3) is 0 Å². The standard InChI is InChI=1S/C16H29NOS/c1-15(2)14-17-10-5-3-4-6-11-18-12-9-16-8-7-13-19-16/h7-8,13,15,17H,3-6,9-12,14H2,1-2H3. The van der Waals surface area contributed by atoms with Crippen molar-refractivity contribution in [2.75, 3.05) is 26.3 Å². The first-order chi connectivity index (χ1) is 9.29. The molecule has 1 aromatic heterocycles. The summed E-state index contributed by atoms with van der Waals surface area (Å²) < 4.78 is 5.66. The molecule has 0 aliphatic heterocycles. The first kappa shape index (κ1) is 16.7. The third-order valence-electron chi connectivity index (χ3n) is 3.02. The van der Waals surface area contributed by atoms with Crippen LogP contribution in [0.5, 0.6) is 0 Å². The van der Waals surface area contributed by atoms with E-state index >= 15 is 0 Å². The Bertz CT molecular complexity index is 285. The number of unbranched alkanes of at least 4 members (excludes halogenated alkanes) is 3. The van der Waals surface area contributed by atoms with E-state index in [1.165, 1.54) is 30.6 Å². The van der Waals surface area contributed by atoms with E-state index in [4.69, 9.17) is 4.74 Å². The molecule has 0 atom stereocenters. The summed E-state index contributed by atoms with van der Waals surface area (Å²) in [5.41, 5.74) is 0. The van der Waals surface area contributed by atoms with Gasteiger partial charge in [-0.2, -0.15) is 0 Å². The van der Waals surface area contributed by atoms with Gasteiger partial charge in [0.2, 0.25) is 0 Å². The van der Waals surface area contributed by atoms with E-state index in [9.17, 15) is 0 Å². The van der Waals surface area contributed by atoms with E-state index in [2.05, 4.69) is 36.7 Å². The van der Waals surface area contributed by atoms with Crippen LogP contribution in [0, 0.1) is 5.92 Å². The molecular formula is C16H29NOS. The van der Waals surface area contributed by atoms with Gasteiger partial charge in [0, 0.05) is 17.9 Å². The van der Waals surface area contributed by atoms with Gasteiger partial charge in [-0.25, -0.2) is 0 Å². The highest BCUT2D eigenvalue weighted by atomic mass is 32.1. The van der Waals surface area contributed by atoms with Gasteiger partial charge in [0.05, 0.1) is 6.61 Å². The van der Waals surface area contributed by atoms with Crippen LogP contribution in [0.15, 0.2) is 17.5 Å². The van der Waals surface area contributed by atoms with Gasteiger partial charge in [-0.3, -0.25) is 0 Å². The molecular weight excluding hydrogens is 254 g/mol. The number of rotatable bonds is 12. The van der Waals surface area contributed by atoms with Crippen molar-refractivity contribution >= 4 is 11.3 Å². The molecule has 0 aliphatic carbocycles. The first-order valence-corrected chi connectivity index (χ1v) is 8.48. The van der Waals surface area contributed by atoms with Crippen LogP contribution < -0.4 is 5.32 Å². The maximum Gasteiger partial charge on any atom is 0.0514 e. The second-order valence-corrected chi connectivity index (χ2v) is 6.49. The summed E-state index contributed by atoms with van der Waals surface area (Å²) >= 11 is 1.82. The molecule has 3 heteroatoms. The number of nitrogens with one attached hydrogen (secondary N) is 1. The Morgan fingerprint density at radius 2 is 2.00 bits per heavy atom. The molecule has 1 N–H and O–H groups in total. The van der Waals surface area contributed by atoms with Crippen LogP contribution in [0.25, 0.3) is 0 Å². The molecule has 0 saturated carbocycles. The molecule has 0 aliphatic rings. The highest BCUT2D eigenvalue weighted by molar-refractivity contribution is 7.09. The molecule has 0 unspecified atom stereocenters. The lowest BCUT2D eigenvalue weighted by Gasteiger charge is -2.07. The zero-order chi connectivity index (χ0) is 13.8. The molecule has 19 heavy (non-hydrogen) atoms. The van der Waals surface area contributed by atoms with Gasteiger partial charge in [0.15, 0.2) is 0 Å². The van der Waals surface area contributed by atoms with Crippen molar-refractivity contribution in [1.29, 1.82) is 0 Å². The van der Waals surface area contributed by atoms with Crippen LogP contribution in [0.2, 0.25) is 0 Å². The molecule has 0 saturated heterocycles. The Morgan fingerprint density at radius 1 is 1.16 bits per heavy atom. The molecule has 0 bridgehead atoms. The molecule has 0 aromatic carbocycles. The van der Waals surface area contributed by atoms with Crippen molar-refractivity contribution in [2.45, 2.75) is 46.0 Å². The summed E-state index contributed by atoms with van der Waals surface area (Å²) in [6, 6.07) is 4.28. The average Bonchev–Trinajstić information content (AvgIpc) is 2.88. The highest BCUT2D eigenvalue weighted by Crippen LogP contribution is 2.09. The number of ether oxygens (including phenoxy) is 1. The van der Waals surface area contributed by atoms with E-state index < -0.39 is 0 Å². The number of hydrogen-bond acceptors (Lipinski definition) is 3. The Morgan fingerprint density at radius 3 is 2.74 bits per heavy atom. The molecule has 110 valence electrons. The minimum Gasteiger partial charge on any atom is -0.381 e. The van der Waals surface area contributed by atoms with Gasteiger partial charge < -0.3 is 10.1 Å². The Labute approximate surface area is 122 Å². The maximum absolute atomic E-state index is 5.66. The predicted molar refractivity (Wildman–Crippen MR) is 85.0 cm³/mol. The van der Waals surface area contributed by atoms with E-state index in [0.29, 0.717) is 0 Å². The fourth-order valence-corrected chi connectivity index (χ4v) is 2.62. The summed E-state index contributed by atoms with van der Waals surface area (Å²) in [6.07, 6.45) is 6.18. The molecule has 0 amide bonds. The normalized spacial score (nSPS) is 11.3. The predicted octanol–water partition coefficient (Wildman–Crippen LogP) is 4.11. The van der Waals surface area contributed by atoms with Crippen molar-refractivity contribution in [3.8, 4) is 0 Å². The minimum atomic E-state index is 0.761. The maximum atomic E-state index is 5.66. The van der Waals surface area contributed by atoms with Crippen molar-refractivity contribution in [2.24, 2.45) is 5.92 Å². The second-order valence-electron chi connectivity index (χ2n) is 5.45. The fraction of sp³-hybridized carbons (Fsp3) is 0.750. The monoisotopic (exact) mass is 283 g/mol. The lowest BCUT2D eigenvalue weighted by molar-refractivity contribution is 0.133. The Kier molecular flexibility index (Phi) is 10.0. The van der Waals surface area contributed by atoms with Crippen LogP contribution in [0.1, 0.15) is 44.4 Å². The SMILES string of the molecule is CC(C)CNCCCCCCOCCc1cccs1. The fourth-order valence-electron chi connectivity index (χ4n) is 1.93. The van der Waals surface area contributed by atoms with E-state index in [0.717, 1.165) is 38.6 Å². The Hall–Kier alpha value is -0.380. The number of thiophene rings is 1. The van der Waals surface area contributed by atoms with Crippen molar-refractivity contribution < 1.29 is 4.74 Å². The van der Waals surface area contributed by atoms with Crippen molar-refractivity contribution in [3.05, 3.63) is 22.4 Å². The molecule has 0 radical (unpaired) electrons. The van der Waals surface area contributed by atoms with Crippen molar-refractivity contribution in [1.82, 2.24) is 5.32 Å². The lowest BCUT2D eigenvalue weighted by atomic mass is 10.2. The molecule has 0 fully saturated rings. The second kappa shape index (κ2) is 11.4. The lowest BCUT2D eigenvalue weighted by Crippen LogP contribution is -2.20. The summed E-state index contributed by atoms with van der Waals surface area (Å²) in [5, 5.41) is 5.61. The van der Waals surface area contributed by atoms with Gasteiger partial charge in [0.1, 0.15) is 0 Å². The third kappa shape index (κ3) is 10.1. The van der Waals surface area contributed by atoms with Gasteiger partial charge in [-0.15, -0.1) is 11.3 Å². The third-order valence-corrected chi connectivity index (χ3v) is 3.95.